The van der Waals surface area contributed by atoms with Crippen LogP contribution in [-0.2, 0) is 9.53 Å². The summed E-state index contributed by atoms with van der Waals surface area (Å²) < 4.78 is 18.7. The highest BCUT2D eigenvalue weighted by Gasteiger charge is 2.32. The second kappa shape index (κ2) is 11.3. The van der Waals surface area contributed by atoms with Crippen LogP contribution in [0.5, 0.6) is 11.5 Å². The SMILES string of the molecule is COC(=O)C1=C(C)N=c2sc(=Cc3cccc(OCCOc4ccccc4)c3)c(=O)n2C1c1ccccc1. The number of rotatable bonds is 8. The van der Waals surface area contributed by atoms with Gasteiger partial charge in [-0.05, 0) is 48.4 Å². The Morgan fingerprint density at radius 2 is 1.61 bits per heavy atom. The van der Waals surface area contributed by atoms with Gasteiger partial charge in [-0.15, -0.1) is 0 Å². The van der Waals surface area contributed by atoms with Crippen LogP contribution in [0.3, 0.4) is 0 Å². The summed E-state index contributed by atoms with van der Waals surface area (Å²) in [6.45, 7) is 2.56. The van der Waals surface area contributed by atoms with Crippen LogP contribution >= 0.6 is 11.3 Å². The molecule has 0 N–H and O–H groups in total. The van der Waals surface area contributed by atoms with E-state index in [9.17, 15) is 9.59 Å². The van der Waals surface area contributed by atoms with E-state index in [1.807, 2.05) is 91.0 Å². The van der Waals surface area contributed by atoms with E-state index in [1.165, 1.54) is 18.4 Å². The zero-order valence-corrected chi connectivity index (χ0v) is 21.8. The van der Waals surface area contributed by atoms with E-state index in [-0.39, 0.29) is 5.56 Å². The van der Waals surface area contributed by atoms with Crippen molar-refractivity contribution in [3.63, 3.8) is 0 Å². The summed E-state index contributed by atoms with van der Waals surface area (Å²) in [6, 6.07) is 25.9. The molecule has 1 atom stereocenters. The second-order valence-corrected chi connectivity index (χ2v) is 9.58. The number of hydrogen-bond acceptors (Lipinski definition) is 7. The molecule has 2 heterocycles. The van der Waals surface area contributed by atoms with Crippen molar-refractivity contribution in [3.8, 4) is 11.5 Å². The molecule has 0 radical (unpaired) electrons. The zero-order chi connectivity index (χ0) is 26.5. The second-order valence-electron chi connectivity index (χ2n) is 8.57. The minimum Gasteiger partial charge on any atom is -0.490 e. The van der Waals surface area contributed by atoms with E-state index in [0.29, 0.717) is 39.6 Å². The van der Waals surface area contributed by atoms with Gasteiger partial charge in [-0.3, -0.25) is 9.36 Å². The fourth-order valence-electron chi connectivity index (χ4n) is 4.32. The van der Waals surface area contributed by atoms with Crippen LogP contribution in [0.4, 0.5) is 0 Å². The van der Waals surface area contributed by atoms with Gasteiger partial charge in [0.2, 0.25) is 0 Å². The maximum Gasteiger partial charge on any atom is 0.338 e. The molecule has 3 aromatic carbocycles. The molecule has 192 valence electrons. The molecule has 5 rings (SSSR count). The first-order valence-electron chi connectivity index (χ1n) is 12.1. The number of thiazole rings is 1. The Kier molecular flexibility index (Phi) is 7.51. The average molecular weight is 527 g/mol. The van der Waals surface area contributed by atoms with Gasteiger partial charge in [0, 0.05) is 0 Å². The molecule has 1 unspecified atom stereocenters. The molecule has 0 saturated heterocycles. The van der Waals surface area contributed by atoms with Crippen molar-refractivity contribution in [2.75, 3.05) is 20.3 Å². The van der Waals surface area contributed by atoms with E-state index in [2.05, 4.69) is 4.99 Å². The minimum atomic E-state index is -0.624. The summed E-state index contributed by atoms with van der Waals surface area (Å²) in [5, 5.41) is 0. The Bertz CT molecular complexity index is 1660. The van der Waals surface area contributed by atoms with E-state index in [4.69, 9.17) is 14.2 Å². The molecule has 0 fully saturated rings. The Morgan fingerprint density at radius 1 is 0.947 bits per heavy atom. The minimum absolute atomic E-state index is 0.223. The van der Waals surface area contributed by atoms with Gasteiger partial charge >= 0.3 is 5.97 Å². The van der Waals surface area contributed by atoms with Crippen LogP contribution in [0.25, 0.3) is 6.08 Å². The maximum atomic E-state index is 13.7. The lowest BCUT2D eigenvalue weighted by atomic mass is 9.96. The number of methoxy groups -OCH3 is 1. The van der Waals surface area contributed by atoms with Crippen molar-refractivity contribution in [1.29, 1.82) is 0 Å². The Labute approximate surface area is 223 Å². The monoisotopic (exact) mass is 526 g/mol. The van der Waals surface area contributed by atoms with Crippen LogP contribution in [0.15, 0.2) is 106 Å². The highest BCUT2D eigenvalue weighted by Crippen LogP contribution is 2.30. The quantitative estimate of drug-likeness (QED) is 0.257. The molecule has 0 saturated carbocycles. The molecule has 8 heteroatoms. The molecule has 0 amide bonds. The van der Waals surface area contributed by atoms with Crippen molar-refractivity contribution < 1.29 is 19.0 Å². The third kappa shape index (κ3) is 5.31. The average Bonchev–Trinajstić information content (AvgIpc) is 3.25. The third-order valence-electron chi connectivity index (χ3n) is 6.06. The van der Waals surface area contributed by atoms with Gasteiger partial charge in [-0.2, -0.15) is 0 Å². The Morgan fingerprint density at radius 3 is 2.32 bits per heavy atom. The predicted molar refractivity (Wildman–Crippen MR) is 146 cm³/mol. The summed E-state index contributed by atoms with van der Waals surface area (Å²) in [4.78, 5) is 31.5. The number of carbonyl (C=O) groups excluding carboxylic acids is 1. The number of hydrogen-bond donors (Lipinski definition) is 0. The molecular formula is C30H26N2O5S. The van der Waals surface area contributed by atoms with Crippen LogP contribution < -0.4 is 24.4 Å². The van der Waals surface area contributed by atoms with Gasteiger partial charge in [0.15, 0.2) is 4.80 Å². The first-order valence-corrected chi connectivity index (χ1v) is 12.9. The lowest BCUT2D eigenvalue weighted by Gasteiger charge is -2.24. The molecular weight excluding hydrogens is 500 g/mol. The third-order valence-corrected chi connectivity index (χ3v) is 7.05. The largest absolute Gasteiger partial charge is 0.490 e. The number of carbonyl (C=O) groups is 1. The number of para-hydroxylation sites is 1. The number of aromatic nitrogens is 1. The zero-order valence-electron chi connectivity index (χ0n) is 21.0. The van der Waals surface area contributed by atoms with Crippen molar-refractivity contribution in [2.24, 2.45) is 4.99 Å². The number of allylic oxidation sites excluding steroid dienone is 1. The predicted octanol–water partition coefficient (Wildman–Crippen LogP) is 3.87. The molecule has 0 spiro atoms. The summed E-state index contributed by atoms with van der Waals surface area (Å²) >= 11 is 1.29. The van der Waals surface area contributed by atoms with Gasteiger partial charge in [0.1, 0.15) is 24.7 Å². The first kappa shape index (κ1) is 25.2. The highest BCUT2D eigenvalue weighted by molar-refractivity contribution is 7.07. The molecule has 1 aliphatic heterocycles. The highest BCUT2D eigenvalue weighted by atomic mass is 32.1. The molecule has 0 aliphatic carbocycles. The van der Waals surface area contributed by atoms with Crippen LogP contribution in [0, 0.1) is 0 Å². The van der Waals surface area contributed by atoms with Gasteiger partial charge in [-0.1, -0.05) is 72.0 Å². The fourth-order valence-corrected chi connectivity index (χ4v) is 5.37. The molecule has 0 bridgehead atoms. The Balaban J connectivity index is 1.44. The molecule has 38 heavy (non-hydrogen) atoms. The van der Waals surface area contributed by atoms with E-state index >= 15 is 0 Å². The molecule has 7 nitrogen and oxygen atoms in total. The molecule has 4 aromatic rings. The van der Waals surface area contributed by atoms with Crippen molar-refractivity contribution in [1.82, 2.24) is 4.57 Å². The van der Waals surface area contributed by atoms with Crippen molar-refractivity contribution >= 4 is 23.4 Å². The van der Waals surface area contributed by atoms with Crippen LogP contribution in [-0.4, -0.2) is 30.9 Å². The summed E-state index contributed by atoms with van der Waals surface area (Å²) in [7, 11) is 1.33. The van der Waals surface area contributed by atoms with E-state index in [1.54, 1.807) is 11.5 Å². The van der Waals surface area contributed by atoms with Crippen LogP contribution in [0.1, 0.15) is 24.1 Å². The van der Waals surface area contributed by atoms with Gasteiger partial charge in [-0.25, -0.2) is 9.79 Å². The number of benzene rings is 3. The topological polar surface area (TPSA) is 79.1 Å². The normalized spacial score (nSPS) is 15.0. The lowest BCUT2D eigenvalue weighted by Crippen LogP contribution is -2.39. The smallest absolute Gasteiger partial charge is 0.338 e. The first-order chi connectivity index (χ1) is 18.5. The van der Waals surface area contributed by atoms with Crippen molar-refractivity contribution in [2.45, 2.75) is 13.0 Å². The van der Waals surface area contributed by atoms with E-state index < -0.39 is 12.0 Å². The summed E-state index contributed by atoms with van der Waals surface area (Å²) in [5.74, 6) is 0.962. The lowest BCUT2D eigenvalue weighted by molar-refractivity contribution is -0.136. The van der Waals surface area contributed by atoms with Crippen LogP contribution in [0.2, 0.25) is 0 Å². The fraction of sp³-hybridized carbons (Fsp3) is 0.167. The number of esters is 1. The molecule has 1 aliphatic rings. The summed E-state index contributed by atoms with van der Waals surface area (Å²) in [6.07, 6.45) is 1.82. The van der Waals surface area contributed by atoms with Gasteiger partial charge < -0.3 is 14.2 Å². The number of nitrogens with zero attached hydrogens (tertiary/aromatic N) is 2. The number of fused-ring (bicyclic) bond motifs is 1. The molecule has 1 aromatic heterocycles. The Hall–Kier alpha value is -4.43. The van der Waals surface area contributed by atoms with Crippen molar-refractivity contribution in [3.05, 3.63) is 127 Å². The van der Waals surface area contributed by atoms with E-state index in [0.717, 1.165) is 16.9 Å². The van der Waals surface area contributed by atoms with Gasteiger partial charge in [0.25, 0.3) is 5.56 Å². The maximum absolute atomic E-state index is 13.7. The number of ether oxygens (including phenoxy) is 3. The standard InChI is InChI=1S/C30H26N2O5S/c1-20-26(29(34)35-2)27(22-11-5-3-6-12-22)32-28(33)25(38-30(32)31-20)19-21-10-9-15-24(18-21)37-17-16-36-23-13-7-4-8-14-23/h3-15,18-19,27H,16-17H2,1-2H3. The van der Waals surface area contributed by atoms with Gasteiger partial charge in [0.05, 0.1) is 29.0 Å². The summed E-state index contributed by atoms with van der Waals surface area (Å²) in [5.41, 5.74) is 2.29.